The van der Waals surface area contributed by atoms with Gasteiger partial charge >= 0.3 is 0 Å². The molecule has 1 aliphatic rings. The van der Waals surface area contributed by atoms with Gasteiger partial charge in [-0.1, -0.05) is 6.07 Å². The van der Waals surface area contributed by atoms with Gasteiger partial charge in [0.1, 0.15) is 22.3 Å². The zero-order valence-corrected chi connectivity index (χ0v) is 12.8. The van der Waals surface area contributed by atoms with E-state index in [4.69, 9.17) is 10.00 Å². The molecule has 0 amide bonds. The lowest BCUT2D eigenvalue weighted by atomic mass is 9.96. The molecule has 2 rings (SSSR count). The molecule has 0 spiro atoms. The van der Waals surface area contributed by atoms with Crippen molar-refractivity contribution in [2.24, 2.45) is 0 Å². The van der Waals surface area contributed by atoms with Gasteiger partial charge < -0.3 is 4.74 Å². The number of halogens is 1. The molecule has 1 fully saturated rings. The number of sulfonamides is 1. The van der Waals surface area contributed by atoms with Crippen LogP contribution in [0.25, 0.3) is 0 Å². The van der Waals surface area contributed by atoms with E-state index in [2.05, 4.69) is 0 Å². The Morgan fingerprint density at radius 1 is 1.48 bits per heavy atom. The minimum Gasteiger partial charge on any atom is -0.377 e. The second-order valence-corrected chi connectivity index (χ2v) is 7.23. The number of methoxy groups -OCH3 is 1. The van der Waals surface area contributed by atoms with E-state index in [0.29, 0.717) is 13.0 Å². The minimum atomic E-state index is -3.92. The highest BCUT2D eigenvalue weighted by atomic mass is 32.2. The van der Waals surface area contributed by atoms with Crippen molar-refractivity contribution >= 4 is 10.0 Å². The van der Waals surface area contributed by atoms with Crippen LogP contribution in [0.15, 0.2) is 23.1 Å². The summed E-state index contributed by atoms with van der Waals surface area (Å²) in [6.07, 6.45) is 1.41. The Balaban J connectivity index is 2.44. The Morgan fingerprint density at radius 2 is 2.19 bits per heavy atom. The second-order valence-electron chi connectivity index (χ2n) is 5.32. The summed E-state index contributed by atoms with van der Waals surface area (Å²) in [5.41, 5.74) is -1.01. The van der Waals surface area contributed by atoms with Crippen LogP contribution in [0, 0.1) is 17.1 Å². The Kier molecular flexibility index (Phi) is 4.33. The molecule has 1 heterocycles. The van der Waals surface area contributed by atoms with Crippen LogP contribution >= 0.6 is 0 Å². The molecule has 0 bridgehead atoms. The van der Waals surface area contributed by atoms with Crippen LogP contribution in [0.3, 0.4) is 0 Å². The summed E-state index contributed by atoms with van der Waals surface area (Å²) in [7, 11) is -2.38. The van der Waals surface area contributed by atoms with Crippen LogP contribution in [0.1, 0.15) is 25.3 Å². The monoisotopic (exact) mass is 312 g/mol. The molecule has 1 aliphatic heterocycles. The summed E-state index contributed by atoms with van der Waals surface area (Å²) in [4.78, 5) is -0.287. The van der Waals surface area contributed by atoms with Crippen molar-refractivity contribution in [3.63, 3.8) is 0 Å². The molecular weight excluding hydrogens is 295 g/mol. The Bertz CT molecular complexity index is 684. The van der Waals surface area contributed by atoms with E-state index in [-0.39, 0.29) is 11.4 Å². The summed E-state index contributed by atoms with van der Waals surface area (Å²) < 4.78 is 45.6. The number of hydrogen-bond donors (Lipinski definition) is 0. The number of nitriles is 1. The Morgan fingerprint density at radius 3 is 2.81 bits per heavy atom. The summed E-state index contributed by atoms with van der Waals surface area (Å²) in [5.74, 6) is -0.829. The summed E-state index contributed by atoms with van der Waals surface area (Å²) in [6.45, 7) is 2.36. The molecule has 1 aromatic carbocycles. The van der Waals surface area contributed by atoms with E-state index in [0.717, 1.165) is 12.5 Å². The van der Waals surface area contributed by atoms with Crippen LogP contribution < -0.4 is 0 Å². The van der Waals surface area contributed by atoms with Crippen LogP contribution in [0.2, 0.25) is 0 Å². The van der Waals surface area contributed by atoms with Gasteiger partial charge in [-0.05, 0) is 31.9 Å². The zero-order valence-electron chi connectivity index (χ0n) is 12.0. The summed E-state index contributed by atoms with van der Waals surface area (Å²) >= 11 is 0. The second kappa shape index (κ2) is 5.72. The molecule has 0 radical (unpaired) electrons. The van der Waals surface area contributed by atoms with Crippen molar-refractivity contribution in [2.45, 2.75) is 30.3 Å². The summed E-state index contributed by atoms with van der Waals surface area (Å²) in [6, 6.07) is 5.26. The van der Waals surface area contributed by atoms with E-state index in [1.165, 1.54) is 16.4 Å². The number of ether oxygens (including phenoxy) is 1. The van der Waals surface area contributed by atoms with Crippen LogP contribution in [-0.4, -0.2) is 38.5 Å². The van der Waals surface area contributed by atoms with Crippen molar-refractivity contribution in [2.75, 3.05) is 20.2 Å². The third kappa shape index (κ3) is 2.93. The lowest BCUT2D eigenvalue weighted by Gasteiger charge is -2.38. The largest absolute Gasteiger partial charge is 0.377 e. The third-order valence-corrected chi connectivity index (χ3v) is 5.71. The summed E-state index contributed by atoms with van der Waals surface area (Å²) in [5, 5.41) is 9.01. The fraction of sp³-hybridized carbons (Fsp3) is 0.500. The average molecular weight is 312 g/mol. The molecule has 5 nitrogen and oxygen atoms in total. The molecule has 0 aromatic heterocycles. The molecule has 7 heteroatoms. The van der Waals surface area contributed by atoms with Gasteiger partial charge in [0.05, 0.1) is 5.60 Å². The van der Waals surface area contributed by atoms with E-state index in [1.54, 1.807) is 13.2 Å². The molecule has 114 valence electrons. The van der Waals surface area contributed by atoms with Crippen molar-refractivity contribution in [1.82, 2.24) is 4.31 Å². The van der Waals surface area contributed by atoms with Crippen molar-refractivity contribution in [3.8, 4) is 6.07 Å². The lowest BCUT2D eigenvalue weighted by molar-refractivity contribution is -0.0319. The highest BCUT2D eigenvalue weighted by Gasteiger charge is 2.38. The third-order valence-electron chi connectivity index (χ3n) is 3.82. The zero-order chi connectivity index (χ0) is 15.7. The number of rotatable bonds is 3. The topological polar surface area (TPSA) is 70.4 Å². The molecule has 0 aliphatic carbocycles. The van der Waals surface area contributed by atoms with E-state index in [1.807, 2.05) is 6.92 Å². The average Bonchev–Trinajstić information content (AvgIpc) is 2.47. The van der Waals surface area contributed by atoms with Gasteiger partial charge in [-0.25, -0.2) is 12.8 Å². The quantitative estimate of drug-likeness (QED) is 0.854. The molecule has 1 aromatic rings. The fourth-order valence-electron chi connectivity index (χ4n) is 2.50. The van der Waals surface area contributed by atoms with Gasteiger partial charge in [0, 0.05) is 20.2 Å². The maximum absolute atomic E-state index is 13.6. The van der Waals surface area contributed by atoms with Gasteiger partial charge in [0.2, 0.25) is 10.0 Å². The Labute approximate surface area is 124 Å². The first-order chi connectivity index (χ1) is 9.84. The standard InChI is InChI=1S/C14H17FN2O3S/c1-14(20-2)7-4-8-17(10-14)21(18,19)13-6-3-5-12(15)11(13)9-16/h3,5-6H,4,7-8,10H2,1-2H3. The molecule has 1 unspecified atom stereocenters. The minimum absolute atomic E-state index is 0.188. The maximum Gasteiger partial charge on any atom is 0.244 e. The lowest BCUT2D eigenvalue weighted by Crippen LogP contribution is -2.49. The molecule has 1 saturated heterocycles. The number of piperidine rings is 1. The van der Waals surface area contributed by atoms with Crippen molar-refractivity contribution in [3.05, 3.63) is 29.6 Å². The highest BCUT2D eigenvalue weighted by molar-refractivity contribution is 7.89. The number of nitrogens with zero attached hydrogens (tertiary/aromatic N) is 2. The van der Waals surface area contributed by atoms with E-state index in [9.17, 15) is 12.8 Å². The van der Waals surface area contributed by atoms with Crippen LogP contribution in [-0.2, 0) is 14.8 Å². The van der Waals surface area contributed by atoms with Gasteiger partial charge in [0.25, 0.3) is 0 Å². The van der Waals surface area contributed by atoms with Gasteiger partial charge in [0.15, 0.2) is 0 Å². The van der Waals surface area contributed by atoms with Gasteiger partial charge in [-0.15, -0.1) is 0 Å². The highest BCUT2D eigenvalue weighted by Crippen LogP contribution is 2.29. The predicted octanol–water partition coefficient (Wildman–Crippen LogP) is 1.89. The van der Waals surface area contributed by atoms with Gasteiger partial charge in [-0.2, -0.15) is 9.57 Å². The SMILES string of the molecule is COC1(C)CCCN(S(=O)(=O)c2cccc(F)c2C#N)C1. The molecule has 21 heavy (non-hydrogen) atoms. The van der Waals surface area contributed by atoms with Crippen molar-refractivity contribution in [1.29, 1.82) is 5.26 Å². The normalized spacial score (nSPS) is 23.7. The fourth-order valence-corrected chi connectivity index (χ4v) is 4.24. The smallest absolute Gasteiger partial charge is 0.244 e. The van der Waals surface area contributed by atoms with Crippen LogP contribution in [0.5, 0.6) is 0 Å². The van der Waals surface area contributed by atoms with Crippen molar-refractivity contribution < 1.29 is 17.5 Å². The van der Waals surface area contributed by atoms with Crippen LogP contribution in [0.4, 0.5) is 4.39 Å². The number of hydrogen-bond acceptors (Lipinski definition) is 4. The maximum atomic E-state index is 13.6. The molecular formula is C14H17FN2O3S. The number of benzene rings is 1. The predicted molar refractivity (Wildman–Crippen MR) is 74.5 cm³/mol. The first-order valence-corrected chi connectivity index (χ1v) is 8.02. The first kappa shape index (κ1) is 15.9. The Hall–Kier alpha value is -1.49. The first-order valence-electron chi connectivity index (χ1n) is 6.58. The van der Waals surface area contributed by atoms with E-state index >= 15 is 0 Å². The van der Waals surface area contributed by atoms with Gasteiger partial charge in [-0.3, -0.25) is 0 Å². The molecule has 1 atom stereocenters. The molecule has 0 saturated carbocycles. The molecule has 0 N–H and O–H groups in total. The van der Waals surface area contributed by atoms with E-state index < -0.39 is 27.0 Å².